The molecule has 0 atom stereocenters. The number of rotatable bonds is 0. The van der Waals surface area contributed by atoms with Crippen molar-refractivity contribution in [2.24, 2.45) is 7.05 Å². The van der Waals surface area contributed by atoms with Crippen LogP contribution >= 0.6 is 0 Å². The summed E-state index contributed by atoms with van der Waals surface area (Å²) in [5, 5.41) is 14.0. The van der Waals surface area contributed by atoms with E-state index >= 15 is 0 Å². The number of para-hydroxylation sites is 1. The number of benzene rings is 2. The fourth-order valence-corrected chi connectivity index (χ4v) is 3.70. The molecule has 0 spiro atoms. The SMILES string of the molecule is Cc1c2c(C#N)nccc2c(C)c2c1c1ccccc1n2C. The monoisotopic (exact) mass is 285 g/mol. The van der Waals surface area contributed by atoms with E-state index in [4.69, 9.17) is 0 Å². The van der Waals surface area contributed by atoms with E-state index < -0.39 is 0 Å². The van der Waals surface area contributed by atoms with Crippen LogP contribution in [0.25, 0.3) is 32.6 Å². The molecule has 0 radical (unpaired) electrons. The molecule has 0 unspecified atom stereocenters. The van der Waals surface area contributed by atoms with Gasteiger partial charge < -0.3 is 4.57 Å². The Labute approximate surface area is 128 Å². The second-order valence-electron chi connectivity index (χ2n) is 5.74. The lowest BCUT2D eigenvalue weighted by Gasteiger charge is -2.11. The minimum absolute atomic E-state index is 0.507. The summed E-state index contributed by atoms with van der Waals surface area (Å²) in [5.74, 6) is 0. The van der Waals surface area contributed by atoms with Gasteiger partial charge in [0.2, 0.25) is 0 Å². The summed E-state index contributed by atoms with van der Waals surface area (Å²) in [6, 6.07) is 12.7. The molecule has 2 aromatic carbocycles. The van der Waals surface area contributed by atoms with Crippen molar-refractivity contribution >= 4 is 32.6 Å². The van der Waals surface area contributed by atoms with Gasteiger partial charge in [0.25, 0.3) is 0 Å². The molecule has 106 valence electrons. The number of hydrogen-bond donors (Lipinski definition) is 0. The second-order valence-corrected chi connectivity index (χ2v) is 5.74. The lowest BCUT2D eigenvalue weighted by atomic mass is 9.95. The molecule has 0 aliphatic heterocycles. The van der Waals surface area contributed by atoms with E-state index in [2.05, 4.69) is 60.8 Å². The molecule has 0 bridgehead atoms. The molecule has 0 saturated heterocycles. The van der Waals surface area contributed by atoms with Crippen LogP contribution in [-0.4, -0.2) is 9.55 Å². The highest BCUT2D eigenvalue weighted by Crippen LogP contribution is 2.38. The summed E-state index contributed by atoms with van der Waals surface area (Å²) < 4.78 is 2.25. The third-order valence-corrected chi connectivity index (χ3v) is 4.67. The Balaban J connectivity index is 2.44. The van der Waals surface area contributed by atoms with E-state index in [-0.39, 0.29) is 0 Å². The van der Waals surface area contributed by atoms with Crippen molar-refractivity contribution in [2.45, 2.75) is 13.8 Å². The number of hydrogen-bond acceptors (Lipinski definition) is 2. The highest BCUT2D eigenvalue weighted by atomic mass is 14.9. The molecule has 0 N–H and O–H groups in total. The van der Waals surface area contributed by atoms with E-state index in [1.54, 1.807) is 6.20 Å². The minimum atomic E-state index is 0.507. The van der Waals surface area contributed by atoms with E-state index in [1.807, 2.05) is 6.07 Å². The number of pyridine rings is 1. The quantitative estimate of drug-likeness (QED) is 0.481. The Morgan fingerprint density at radius 3 is 2.55 bits per heavy atom. The summed E-state index contributed by atoms with van der Waals surface area (Å²) in [5.41, 5.74) is 5.30. The molecule has 2 heterocycles. The number of nitrogens with zero attached hydrogens (tertiary/aromatic N) is 3. The zero-order valence-electron chi connectivity index (χ0n) is 12.8. The van der Waals surface area contributed by atoms with Crippen molar-refractivity contribution in [1.82, 2.24) is 9.55 Å². The third kappa shape index (κ3) is 1.42. The van der Waals surface area contributed by atoms with Crippen molar-refractivity contribution in [2.75, 3.05) is 0 Å². The van der Waals surface area contributed by atoms with Gasteiger partial charge in [0.05, 0.1) is 5.52 Å². The molecule has 0 aliphatic rings. The number of aryl methyl sites for hydroxylation is 3. The van der Waals surface area contributed by atoms with Gasteiger partial charge in [-0.25, -0.2) is 4.98 Å². The maximum Gasteiger partial charge on any atom is 0.148 e. The zero-order chi connectivity index (χ0) is 15.4. The summed E-state index contributed by atoms with van der Waals surface area (Å²) in [4.78, 5) is 4.25. The Bertz CT molecular complexity index is 1110. The van der Waals surface area contributed by atoms with Gasteiger partial charge in [-0.2, -0.15) is 5.26 Å². The molecule has 3 nitrogen and oxygen atoms in total. The largest absolute Gasteiger partial charge is 0.343 e. The Hall–Kier alpha value is -2.86. The van der Waals surface area contributed by atoms with Gasteiger partial charge in [0, 0.05) is 34.9 Å². The summed E-state index contributed by atoms with van der Waals surface area (Å²) in [6.45, 7) is 4.23. The molecule has 4 aromatic rings. The molecular formula is C19H15N3. The average Bonchev–Trinajstić information content (AvgIpc) is 2.86. The molecule has 2 aromatic heterocycles. The highest BCUT2D eigenvalue weighted by molar-refractivity contribution is 6.17. The van der Waals surface area contributed by atoms with Crippen LogP contribution in [0.5, 0.6) is 0 Å². The van der Waals surface area contributed by atoms with Crippen molar-refractivity contribution in [3.63, 3.8) is 0 Å². The van der Waals surface area contributed by atoms with Crippen molar-refractivity contribution in [3.05, 3.63) is 53.3 Å². The predicted molar refractivity (Wildman–Crippen MR) is 89.9 cm³/mol. The van der Waals surface area contributed by atoms with Gasteiger partial charge in [0.15, 0.2) is 0 Å². The van der Waals surface area contributed by atoms with Crippen molar-refractivity contribution in [1.29, 1.82) is 5.26 Å². The first kappa shape index (κ1) is 12.8. The van der Waals surface area contributed by atoms with Gasteiger partial charge in [0.1, 0.15) is 11.8 Å². The minimum Gasteiger partial charge on any atom is -0.343 e. The summed E-state index contributed by atoms with van der Waals surface area (Å²) in [7, 11) is 2.11. The Kier molecular flexibility index (Phi) is 2.52. The normalized spacial score (nSPS) is 11.4. The van der Waals surface area contributed by atoms with Crippen LogP contribution in [0.3, 0.4) is 0 Å². The third-order valence-electron chi connectivity index (χ3n) is 4.67. The first-order valence-electron chi connectivity index (χ1n) is 7.30. The van der Waals surface area contributed by atoms with Gasteiger partial charge in [-0.15, -0.1) is 0 Å². The molecule has 4 rings (SSSR count). The van der Waals surface area contributed by atoms with Gasteiger partial charge >= 0.3 is 0 Å². The molecule has 22 heavy (non-hydrogen) atoms. The first-order valence-corrected chi connectivity index (χ1v) is 7.30. The highest BCUT2D eigenvalue weighted by Gasteiger charge is 2.18. The maximum atomic E-state index is 9.42. The number of nitriles is 1. The van der Waals surface area contributed by atoms with Crippen LogP contribution in [0.4, 0.5) is 0 Å². The van der Waals surface area contributed by atoms with Crippen LogP contribution in [-0.2, 0) is 7.05 Å². The lowest BCUT2D eigenvalue weighted by molar-refractivity contribution is 1.01. The summed E-state index contributed by atoms with van der Waals surface area (Å²) in [6.07, 6.45) is 1.72. The van der Waals surface area contributed by atoms with Crippen LogP contribution in [0, 0.1) is 25.2 Å². The lowest BCUT2D eigenvalue weighted by Crippen LogP contribution is -1.95. The van der Waals surface area contributed by atoms with E-state index in [9.17, 15) is 5.26 Å². The van der Waals surface area contributed by atoms with E-state index in [0.717, 1.165) is 16.3 Å². The van der Waals surface area contributed by atoms with Crippen LogP contribution in [0.15, 0.2) is 36.5 Å². The standard InChI is InChI=1S/C19H15N3/c1-11-13-8-9-21-15(10-20)17(13)12(2)18-14-6-4-5-7-16(14)22(3)19(11)18/h4-9H,1-3H3. The first-order chi connectivity index (χ1) is 10.6. The van der Waals surface area contributed by atoms with E-state index in [1.165, 1.54) is 27.4 Å². The summed E-state index contributed by atoms with van der Waals surface area (Å²) >= 11 is 0. The fourth-order valence-electron chi connectivity index (χ4n) is 3.70. The zero-order valence-corrected chi connectivity index (χ0v) is 12.8. The molecule has 3 heteroatoms. The van der Waals surface area contributed by atoms with E-state index in [0.29, 0.717) is 5.69 Å². The molecule has 0 amide bonds. The van der Waals surface area contributed by atoms with Crippen LogP contribution < -0.4 is 0 Å². The topological polar surface area (TPSA) is 41.6 Å². The van der Waals surface area contributed by atoms with Crippen molar-refractivity contribution < 1.29 is 0 Å². The molecular weight excluding hydrogens is 270 g/mol. The van der Waals surface area contributed by atoms with Gasteiger partial charge in [-0.05, 0) is 42.5 Å². The van der Waals surface area contributed by atoms with Crippen LogP contribution in [0.2, 0.25) is 0 Å². The molecule has 0 saturated carbocycles. The van der Waals surface area contributed by atoms with Gasteiger partial charge in [-0.1, -0.05) is 18.2 Å². The Morgan fingerprint density at radius 1 is 1.00 bits per heavy atom. The molecule has 0 aliphatic carbocycles. The Morgan fingerprint density at radius 2 is 1.77 bits per heavy atom. The molecule has 0 fully saturated rings. The van der Waals surface area contributed by atoms with Gasteiger partial charge in [-0.3, -0.25) is 0 Å². The second kappa shape index (κ2) is 4.32. The smallest absolute Gasteiger partial charge is 0.148 e. The maximum absolute atomic E-state index is 9.42. The average molecular weight is 285 g/mol. The number of fused-ring (bicyclic) bond motifs is 4. The van der Waals surface area contributed by atoms with Crippen molar-refractivity contribution in [3.8, 4) is 6.07 Å². The fraction of sp³-hybridized carbons (Fsp3) is 0.158. The predicted octanol–water partition coefficient (Wildman–Crippen LogP) is 4.37. The number of aromatic nitrogens is 2. The van der Waals surface area contributed by atoms with Crippen LogP contribution in [0.1, 0.15) is 16.8 Å².